The molecule has 0 radical (unpaired) electrons. The van der Waals surface area contributed by atoms with Crippen LogP contribution in [0.25, 0.3) is 0 Å². The summed E-state index contributed by atoms with van der Waals surface area (Å²) < 4.78 is 34.8. The number of carbonyl (C=O) groups is 1. The molecule has 0 bridgehead atoms. The second-order valence-electron chi connectivity index (χ2n) is 19.9. The first kappa shape index (κ1) is 65.9. The number of hydrogen-bond donors (Lipinski definition) is 0. The van der Waals surface area contributed by atoms with Gasteiger partial charge in [0, 0.05) is 13.0 Å². The molecular formula is C59H108NO7P. The fourth-order valence-corrected chi connectivity index (χ4v) is 8.46. The number of likely N-dealkylation sites (N-methyl/N-ethyl adjacent to an activating group) is 1. The molecule has 0 aromatic heterocycles. The summed E-state index contributed by atoms with van der Waals surface area (Å²) in [7, 11) is 1.35. The van der Waals surface area contributed by atoms with Gasteiger partial charge in [0.2, 0.25) is 0 Å². The molecule has 0 heterocycles. The Labute approximate surface area is 421 Å². The van der Waals surface area contributed by atoms with Gasteiger partial charge in [0.15, 0.2) is 0 Å². The first-order chi connectivity index (χ1) is 33.1. The van der Waals surface area contributed by atoms with Crippen LogP contribution < -0.4 is 4.89 Å². The second-order valence-corrected chi connectivity index (χ2v) is 21.3. The van der Waals surface area contributed by atoms with Crippen molar-refractivity contribution >= 4 is 13.8 Å². The number of carbonyl (C=O) groups excluding carboxylic acids is 1. The standard InChI is InChI=1S/C59H108NO7P/c1-6-8-10-12-14-16-18-20-22-24-26-28-29-30-31-32-33-35-37-39-41-43-45-47-49-51-54-64-56-58(57-66-68(62,63)65-55-53-60(3,4)5)67-59(61)52-50-48-46-44-42-40-38-36-34-27-25-23-21-19-17-15-13-11-9-7-2/h8,10,14,16,20,22,26,28,30-31,33,35,58H,6-7,9,11-13,15,17-19,21,23-25,27,29,32,34,36-57H2,1-5H3/b10-8-,16-14-,22-20-,28-26-,31-30-,35-33-. The minimum absolute atomic E-state index is 0.0220. The molecule has 68 heavy (non-hydrogen) atoms. The molecule has 0 rings (SSSR count). The average Bonchev–Trinajstić information content (AvgIpc) is 3.30. The summed E-state index contributed by atoms with van der Waals surface area (Å²) in [6.07, 6.45) is 67.9. The third-order valence-corrected chi connectivity index (χ3v) is 13.0. The molecule has 8 nitrogen and oxygen atoms in total. The van der Waals surface area contributed by atoms with Gasteiger partial charge < -0.3 is 27.9 Å². The molecule has 0 aromatic carbocycles. The minimum atomic E-state index is -4.54. The molecule has 2 atom stereocenters. The molecule has 396 valence electrons. The Bertz CT molecular complexity index is 1320. The molecule has 0 aliphatic rings. The Morgan fingerprint density at radius 3 is 1.28 bits per heavy atom. The van der Waals surface area contributed by atoms with Gasteiger partial charge in [0.1, 0.15) is 19.3 Å². The lowest BCUT2D eigenvalue weighted by atomic mass is 10.0. The van der Waals surface area contributed by atoms with Crippen LogP contribution in [-0.2, 0) is 27.9 Å². The van der Waals surface area contributed by atoms with Crippen molar-refractivity contribution in [2.24, 2.45) is 0 Å². The molecule has 0 aliphatic heterocycles. The van der Waals surface area contributed by atoms with E-state index < -0.39 is 13.9 Å². The van der Waals surface area contributed by atoms with E-state index in [0.717, 1.165) is 83.5 Å². The average molecular weight is 974 g/mol. The smallest absolute Gasteiger partial charge is 0.306 e. The lowest BCUT2D eigenvalue weighted by Gasteiger charge is -2.28. The highest BCUT2D eigenvalue weighted by molar-refractivity contribution is 7.45. The summed E-state index contributed by atoms with van der Waals surface area (Å²) >= 11 is 0. The molecule has 0 spiro atoms. The number of ether oxygens (including phenoxy) is 2. The predicted octanol–water partition coefficient (Wildman–Crippen LogP) is 17.2. The minimum Gasteiger partial charge on any atom is -0.756 e. The zero-order valence-corrected chi connectivity index (χ0v) is 45.9. The first-order valence-corrected chi connectivity index (χ1v) is 29.6. The molecule has 0 amide bonds. The van der Waals surface area contributed by atoms with Crippen LogP contribution in [0.2, 0.25) is 0 Å². The van der Waals surface area contributed by atoms with Gasteiger partial charge in [-0.05, 0) is 64.2 Å². The van der Waals surface area contributed by atoms with Crippen LogP contribution >= 0.6 is 7.82 Å². The van der Waals surface area contributed by atoms with E-state index in [-0.39, 0.29) is 25.8 Å². The van der Waals surface area contributed by atoms with Crippen molar-refractivity contribution in [1.82, 2.24) is 0 Å². The van der Waals surface area contributed by atoms with Crippen LogP contribution in [0.3, 0.4) is 0 Å². The zero-order chi connectivity index (χ0) is 49.8. The molecule has 0 saturated heterocycles. The summed E-state index contributed by atoms with van der Waals surface area (Å²) in [5.74, 6) is -0.336. The number of hydrogen-bond acceptors (Lipinski definition) is 7. The van der Waals surface area contributed by atoms with Crippen LogP contribution in [0.1, 0.15) is 239 Å². The van der Waals surface area contributed by atoms with Gasteiger partial charge in [-0.25, -0.2) is 0 Å². The van der Waals surface area contributed by atoms with Crippen LogP contribution in [0.5, 0.6) is 0 Å². The van der Waals surface area contributed by atoms with Crippen molar-refractivity contribution in [3.63, 3.8) is 0 Å². The maximum Gasteiger partial charge on any atom is 0.306 e. The highest BCUT2D eigenvalue weighted by atomic mass is 31.2. The Kier molecular flexibility index (Phi) is 49.7. The predicted molar refractivity (Wildman–Crippen MR) is 291 cm³/mol. The number of allylic oxidation sites excluding steroid dienone is 12. The summed E-state index contributed by atoms with van der Waals surface area (Å²) in [4.78, 5) is 25.2. The number of phosphoric acid groups is 1. The fraction of sp³-hybridized carbons (Fsp3) is 0.780. The summed E-state index contributed by atoms with van der Waals surface area (Å²) in [6, 6.07) is 0. The van der Waals surface area contributed by atoms with E-state index in [1.807, 2.05) is 21.1 Å². The Morgan fingerprint density at radius 1 is 0.471 bits per heavy atom. The highest BCUT2D eigenvalue weighted by Gasteiger charge is 2.20. The molecular weight excluding hydrogens is 866 g/mol. The molecule has 9 heteroatoms. The summed E-state index contributed by atoms with van der Waals surface area (Å²) in [5.41, 5.74) is 0. The van der Waals surface area contributed by atoms with Crippen LogP contribution in [0.4, 0.5) is 0 Å². The SMILES string of the molecule is CC/C=C\C/C=C\C/C=C\C/C=C\C/C=C\C/C=C\CCCCCCCCCOCC(COP(=O)([O-])OCC[N+](C)(C)C)OC(=O)CCCCCCCCCCCCCCCCCCCCCC. The topological polar surface area (TPSA) is 94.1 Å². The molecule has 0 aromatic rings. The van der Waals surface area contributed by atoms with Gasteiger partial charge in [-0.1, -0.05) is 241 Å². The molecule has 0 saturated carbocycles. The monoisotopic (exact) mass is 974 g/mol. The number of phosphoric ester groups is 1. The van der Waals surface area contributed by atoms with Crippen molar-refractivity contribution in [2.45, 2.75) is 245 Å². The summed E-state index contributed by atoms with van der Waals surface area (Å²) in [6.45, 7) is 5.30. The van der Waals surface area contributed by atoms with Crippen LogP contribution in [0.15, 0.2) is 72.9 Å². The zero-order valence-electron chi connectivity index (χ0n) is 45.0. The van der Waals surface area contributed by atoms with E-state index in [1.165, 1.54) is 135 Å². The largest absolute Gasteiger partial charge is 0.756 e. The Hall–Kier alpha value is -2.06. The van der Waals surface area contributed by atoms with Gasteiger partial charge in [-0.3, -0.25) is 9.36 Å². The molecule has 0 aliphatic carbocycles. The Morgan fingerprint density at radius 2 is 0.853 bits per heavy atom. The van der Waals surface area contributed by atoms with Crippen LogP contribution in [-0.4, -0.2) is 70.7 Å². The number of esters is 1. The highest BCUT2D eigenvalue weighted by Crippen LogP contribution is 2.38. The van der Waals surface area contributed by atoms with E-state index in [2.05, 4.69) is 86.8 Å². The number of rotatable bonds is 52. The van der Waals surface area contributed by atoms with E-state index in [0.29, 0.717) is 24.1 Å². The van der Waals surface area contributed by atoms with E-state index in [9.17, 15) is 14.3 Å². The van der Waals surface area contributed by atoms with Crippen molar-refractivity contribution in [1.29, 1.82) is 0 Å². The van der Waals surface area contributed by atoms with Gasteiger partial charge in [-0.15, -0.1) is 0 Å². The van der Waals surface area contributed by atoms with Crippen LogP contribution in [0, 0.1) is 0 Å². The van der Waals surface area contributed by atoms with E-state index >= 15 is 0 Å². The number of quaternary nitrogens is 1. The normalized spacial score (nSPS) is 14.0. The first-order valence-electron chi connectivity index (χ1n) is 28.2. The van der Waals surface area contributed by atoms with Gasteiger partial charge in [0.25, 0.3) is 7.82 Å². The fourth-order valence-electron chi connectivity index (χ4n) is 7.73. The second kappa shape index (κ2) is 51.3. The van der Waals surface area contributed by atoms with Gasteiger partial charge >= 0.3 is 5.97 Å². The van der Waals surface area contributed by atoms with Gasteiger partial charge in [0.05, 0.1) is 34.4 Å². The molecule has 0 fully saturated rings. The molecule has 0 N–H and O–H groups in total. The Balaban J connectivity index is 4.12. The maximum atomic E-state index is 12.8. The lowest BCUT2D eigenvalue weighted by molar-refractivity contribution is -0.870. The third-order valence-electron chi connectivity index (χ3n) is 12.0. The van der Waals surface area contributed by atoms with Crippen molar-refractivity contribution in [3.8, 4) is 0 Å². The van der Waals surface area contributed by atoms with Crippen molar-refractivity contribution < 1.29 is 37.3 Å². The van der Waals surface area contributed by atoms with Gasteiger partial charge in [-0.2, -0.15) is 0 Å². The number of nitrogens with zero attached hydrogens (tertiary/aromatic N) is 1. The summed E-state index contributed by atoms with van der Waals surface area (Å²) in [5, 5.41) is 0. The molecule has 2 unspecified atom stereocenters. The third kappa shape index (κ3) is 54.9. The van der Waals surface area contributed by atoms with Crippen molar-refractivity contribution in [3.05, 3.63) is 72.9 Å². The lowest BCUT2D eigenvalue weighted by Crippen LogP contribution is -2.37. The van der Waals surface area contributed by atoms with E-state index in [1.54, 1.807) is 0 Å². The maximum absolute atomic E-state index is 12.8. The van der Waals surface area contributed by atoms with Crippen molar-refractivity contribution in [2.75, 3.05) is 54.1 Å². The quantitative estimate of drug-likeness (QED) is 0.0197. The van der Waals surface area contributed by atoms with E-state index in [4.69, 9.17) is 18.5 Å². The number of unbranched alkanes of at least 4 members (excludes halogenated alkanes) is 26.